The number of carbonyl (C=O) groups excluding carboxylic acids is 1. The lowest BCUT2D eigenvalue weighted by Crippen LogP contribution is -2.21. The molecule has 0 heterocycles. The van der Waals surface area contributed by atoms with E-state index in [4.69, 9.17) is 5.11 Å². The molecular formula is C11H13FO4S. The van der Waals surface area contributed by atoms with E-state index in [9.17, 15) is 19.4 Å². The molecule has 2 unspecified atom stereocenters. The van der Waals surface area contributed by atoms with Crippen LogP contribution in [0.15, 0.2) is 18.2 Å². The van der Waals surface area contributed by atoms with Gasteiger partial charge in [0, 0.05) is 12.7 Å². The number of aromatic hydroxyl groups is 1. The molecule has 0 aromatic heterocycles. The van der Waals surface area contributed by atoms with Crippen molar-refractivity contribution in [1.82, 2.24) is 0 Å². The van der Waals surface area contributed by atoms with Crippen LogP contribution in [-0.4, -0.2) is 32.3 Å². The molecular weight excluding hydrogens is 247 g/mol. The van der Waals surface area contributed by atoms with Crippen LogP contribution in [0.1, 0.15) is 18.6 Å². The van der Waals surface area contributed by atoms with Gasteiger partial charge in [-0.2, -0.15) is 0 Å². The van der Waals surface area contributed by atoms with Crippen molar-refractivity contribution in [1.29, 1.82) is 0 Å². The van der Waals surface area contributed by atoms with Gasteiger partial charge in [-0.25, -0.2) is 4.39 Å². The summed E-state index contributed by atoms with van der Waals surface area (Å²) in [5, 5.41) is 28.2. The highest BCUT2D eigenvalue weighted by Crippen LogP contribution is 2.25. The summed E-state index contributed by atoms with van der Waals surface area (Å²) < 4.78 is 12.8. The fraction of sp³-hybridized carbons (Fsp3) is 0.364. The highest BCUT2D eigenvalue weighted by molar-refractivity contribution is 8.13. The standard InChI is InChI=1S/C11H13FO4S/c1-6(13)17-5-10(15)11(16)7-2-3-8(12)9(14)4-7/h2-4,10-11,14-16H,5H2,1H3. The fourth-order valence-electron chi connectivity index (χ4n) is 1.23. The molecule has 0 spiro atoms. The van der Waals surface area contributed by atoms with Gasteiger partial charge in [0.05, 0.1) is 6.10 Å². The van der Waals surface area contributed by atoms with Crippen molar-refractivity contribution in [3.8, 4) is 5.75 Å². The van der Waals surface area contributed by atoms with Crippen LogP contribution >= 0.6 is 11.8 Å². The Hall–Kier alpha value is -1.11. The molecule has 6 heteroatoms. The number of hydrogen-bond acceptors (Lipinski definition) is 5. The Morgan fingerprint density at radius 1 is 1.47 bits per heavy atom. The number of aliphatic hydroxyl groups is 2. The van der Waals surface area contributed by atoms with Gasteiger partial charge >= 0.3 is 0 Å². The minimum atomic E-state index is -1.27. The van der Waals surface area contributed by atoms with Gasteiger partial charge in [-0.3, -0.25) is 4.79 Å². The van der Waals surface area contributed by atoms with Crippen LogP contribution in [0.3, 0.4) is 0 Å². The molecule has 0 fully saturated rings. The Kier molecular flexibility index (Phi) is 4.92. The quantitative estimate of drug-likeness (QED) is 0.758. The third-order valence-electron chi connectivity index (χ3n) is 2.13. The summed E-state index contributed by atoms with van der Waals surface area (Å²) in [6.07, 6.45) is -2.43. The van der Waals surface area contributed by atoms with Crippen molar-refractivity contribution in [2.45, 2.75) is 19.1 Å². The summed E-state index contributed by atoms with van der Waals surface area (Å²) >= 11 is 0.884. The normalized spacial score (nSPS) is 14.4. The zero-order valence-corrected chi connectivity index (χ0v) is 9.95. The van der Waals surface area contributed by atoms with E-state index in [2.05, 4.69) is 0 Å². The Morgan fingerprint density at radius 2 is 2.12 bits per heavy atom. The summed E-state index contributed by atoms with van der Waals surface area (Å²) in [6.45, 7) is 1.35. The summed E-state index contributed by atoms with van der Waals surface area (Å²) in [4.78, 5) is 10.7. The van der Waals surface area contributed by atoms with Crippen molar-refractivity contribution in [2.75, 3.05) is 5.75 Å². The molecule has 0 aliphatic carbocycles. The summed E-state index contributed by atoms with van der Waals surface area (Å²) in [5.41, 5.74) is 0.195. The third kappa shape index (κ3) is 3.99. The minimum Gasteiger partial charge on any atom is -0.505 e. The monoisotopic (exact) mass is 260 g/mol. The van der Waals surface area contributed by atoms with Crippen LogP contribution < -0.4 is 0 Å². The first-order valence-corrected chi connectivity index (χ1v) is 5.88. The molecule has 0 bridgehead atoms. The average Bonchev–Trinajstić information content (AvgIpc) is 2.28. The number of aliphatic hydroxyl groups excluding tert-OH is 2. The Morgan fingerprint density at radius 3 is 2.65 bits per heavy atom. The lowest BCUT2D eigenvalue weighted by atomic mass is 10.1. The maximum atomic E-state index is 12.8. The van der Waals surface area contributed by atoms with Gasteiger partial charge in [-0.15, -0.1) is 0 Å². The summed E-state index contributed by atoms with van der Waals surface area (Å²) in [7, 11) is 0. The van der Waals surface area contributed by atoms with E-state index in [1.807, 2.05) is 0 Å². The predicted molar refractivity (Wildman–Crippen MR) is 62.2 cm³/mol. The fourth-order valence-corrected chi connectivity index (χ4v) is 1.82. The van der Waals surface area contributed by atoms with E-state index in [-0.39, 0.29) is 16.4 Å². The molecule has 0 aliphatic rings. The molecule has 3 N–H and O–H groups in total. The zero-order chi connectivity index (χ0) is 13.0. The van der Waals surface area contributed by atoms with Crippen molar-refractivity contribution in [3.63, 3.8) is 0 Å². The Bertz CT molecular complexity index is 410. The highest BCUT2D eigenvalue weighted by Gasteiger charge is 2.20. The molecule has 0 saturated heterocycles. The predicted octanol–water partition coefficient (Wildman–Crippen LogP) is 1.21. The van der Waals surface area contributed by atoms with E-state index in [0.29, 0.717) is 0 Å². The number of halogens is 1. The van der Waals surface area contributed by atoms with E-state index >= 15 is 0 Å². The molecule has 0 amide bonds. The zero-order valence-electron chi connectivity index (χ0n) is 9.13. The van der Waals surface area contributed by atoms with E-state index in [0.717, 1.165) is 23.9 Å². The average molecular weight is 260 g/mol. The second-order valence-electron chi connectivity index (χ2n) is 3.53. The molecule has 94 valence electrons. The number of phenolic OH excluding ortho intramolecular Hbond substituents is 1. The Balaban J connectivity index is 2.70. The van der Waals surface area contributed by atoms with Gasteiger partial charge in [0.15, 0.2) is 16.7 Å². The molecule has 1 aromatic carbocycles. The van der Waals surface area contributed by atoms with Crippen LogP contribution in [-0.2, 0) is 4.79 Å². The number of hydrogen-bond donors (Lipinski definition) is 3. The summed E-state index contributed by atoms with van der Waals surface area (Å²) in [5.74, 6) is -1.35. The molecule has 4 nitrogen and oxygen atoms in total. The molecule has 0 radical (unpaired) electrons. The number of benzene rings is 1. The smallest absolute Gasteiger partial charge is 0.185 e. The van der Waals surface area contributed by atoms with Crippen LogP contribution in [0.25, 0.3) is 0 Å². The van der Waals surface area contributed by atoms with Gasteiger partial charge in [-0.05, 0) is 17.7 Å². The number of rotatable bonds is 4. The first-order chi connectivity index (χ1) is 7.91. The molecule has 1 rings (SSSR count). The van der Waals surface area contributed by atoms with Gasteiger partial charge in [-0.1, -0.05) is 17.8 Å². The number of carbonyl (C=O) groups is 1. The van der Waals surface area contributed by atoms with Gasteiger partial charge in [0.1, 0.15) is 6.10 Å². The maximum absolute atomic E-state index is 12.8. The maximum Gasteiger partial charge on any atom is 0.185 e. The van der Waals surface area contributed by atoms with Crippen LogP contribution in [0.5, 0.6) is 5.75 Å². The van der Waals surface area contributed by atoms with E-state index in [1.54, 1.807) is 0 Å². The number of phenols is 1. The lowest BCUT2D eigenvalue weighted by molar-refractivity contribution is -0.109. The van der Waals surface area contributed by atoms with Crippen molar-refractivity contribution in [2.24, 2.45) is 0 Å². The van der Waals surface area contributed by atoms with Gasteiger partial charge in [0.2, 0.25) is 0 Å². The topological polar surface area (TPSA) is 77.8 Å². The van der Waals surface area contributed by atoms with Crippen molar-refractivity contribution < 1.29 is 24.5 Å². The van der Waals surface area contributed by atoms with Crippen molar-refractivity contribution >= 4 is 16.9 Å². The van der Waals surface area contributed by atoms with Crippen LogP contribution in [0.2, 0.25) is 0 Å². The van der Waals surface area contributed by atoms with Gasteiger partial charge in [0.25, 0.3) is 0 Å². The van der Waals surface area contributed by atoms with E-state index in [1.165, 1.54) is 13.0 Å². The first-order valence-electron chi connectivity index (χ1n) is 4.89. The molecule has 1 aromatic rings. The van der Waals surface area contributed by atoms with Crippen LogP contribution in [0.4, 0.5) is 4.39 Å². The summed E-state index contributed by atoms with van der Waals surface area (Å²) in [6, 6.07) is 3.31. The van der Waals surface area contributed by atoms with Crippen LogP contribution in [0, 0.1) is 5.82 Å². The van der Waals surface area contributed by atoms with Crippen molar-refractivity contribution in [3.05, 3.63) is 29.6 Å². The minimum absolute atomic E-state index is 0.0363. The molecule has 0 saturated carbocycles. The first kappa shape index (κ1) is 14.0. The highest BCUT2D eigenvalue weighted by atomic mass is 32.2. The second kappa shape index (κ2) is 6.00. The largest absolute Gasteiger partial charge is 0.505 e. The SMILES string of the molecule is CC(=O)SCC(O)C(O)c1ccc(F)c(O)c1. The molecule has 2 atom stereocenters. The van der Waals surface area contributed by atoms with Gasteiger partial charge < -0.3 is 15.3 Å². The third-order valence-corrected chi connectivity index (χ3v) is 3.05. The molecule has 17 heavy (non-hydrogen) atoms. The second-order valence-corrected chi connectivity index (χ2v) is 4.72. The lowest BCUT2D eigenvalue weighted by Gasteiger charge is -2.17. The Labute approximate surface area is 102 Å². The van der Waals surface area contributed by atoms with E-state index < -0.39 is 23.8 Å². The molecule has 0 aliphatic heterocycles. The number of thioether (sulfide) groups is 1.